The zero-order valence-corrected chi connectivity index (χ0v) is 16.9. The Morgan fingerprint density at radius 2 is 1.87 bits per heavy atom. The summed E-state index contributed by atoms with van der Waals surface area (Å²) in [5.41, 5.74) is 0.643. The van der Waals surface area contributed by atoms with Gasteiger partial charge in [0.1, 0.15) is 5.82 Å². The molecule has 0 bridgehead atoms. The number of aromatic nitrogens is 4. The maximum atomic E-state index is 13.4. The number of para-hydroxylation sites is 1. The number of rotatable bonds is 5. The third-order valence-electron chi connectivity index (χ3n) is 4.33. The Bertz CT molecular complexity index is 1390. The second-order valence-corrected chi connectivity index (χ2v) is 8.64. The molecule has 9 nitrogen and oxygen atoms in total. The Kier molecular flexibility index (Phi) is 5.03. The molecule has 0 unspecified atom stereocenters. The third kappa shape index (κ3) is 4.16. The van der Waals surface area contributed by atoms with Crippen LogP contribution in [0, 0.1) is 5.82 Å². The SMILES string of the molecule is CS(=O)(=O)c1ccccc1-n1cc(NC(=O)c2nn(-c3cccc(F)c3)cc2O)cn1. The van der Waals surface area contributed by atoms with Gasteiger partial charge in [-0.05, 0) is 30.3 Å². The Morgan fingerprint density at radius 3 is 2.61 bits per heavy atom. The van der Waals surface area contributed by atoms with Gasteiger partial charge in [0.25, 0.3) is 5.91 Å². The molecule has 0 spiro atoms. The van der Waals surface area contributed by atoms with E-state index in [1.807, 2.05) is 0 Å². The van der Waals surface area contributed by atoms with Crippen molar-refractivity contribution in [3.63, 3.8) is 0 Å². The topological polar surface area (TPSA) is 119 Å². The van der Waals surface area contributed by atoms with Gasteiger partial charge in [-0.2, -0.15) is 10.2 Å². The second kappa shape index (κ2) is 7.69. The summed E-state index contributed by atoms with van der Waals surface area (Å²) in [6, 6.07) is 11.8. The van der Waals surface area contributed by atoms with Crippen molar-refractivity contribution in [2.75, 3.05) is 11.6 Å². The molecule has 2 aromatic carbocycles. The highest BCUT2D eigenvalue weighted by Gasteiger charge is 2.19. The highest BCUT2D eigenvalue weighted by atomic mass is 32.2. The minimum Gasteiger partial charge on any atom is -0.504 e. The summed E-state index contributed by atoms with van der Waals surface area (Å²) in [7, 11) is -3.49. The zero-order valence-electron chi connectivity index (χ0n) is 16.1. The van der Waals surface area contributed by atoms with Crippen LogP contribution in [0.4, 0.5) is 10.1 Å². The van der Waals surface area contributed by atoms with Crippen molar-refractivity contribution in [2.45, 2.75) is 4.90 Å². The Balaban J connectivity index is 1.59. The maximum absolute atomic E-state index is 13.4. The molecule has 0 aliphatic heterocycles. The quantitative estimate of drug-likeness (QED) is 0.491. The van der Waals surface area contributed by atoms with Crippen molar-refractivity contribution in [3.8, 4) is 17.1 Å². The van der Waals surface area contributed by atoms with E-state index >= 15 is 0 Å². The van der Waals surface area contributed by atoms with Gasteiger partial charge in [-0.3, -0.25) is 4.79 Å². The van der Waals surface area contributed by atoms with Gasteiger partial charge in [-0.1, -0.05) is 18.2 Å². The van der Waals surface area contributed by atoms with Gasteiger partial charge < -0.3 is 10.4 Å². The highest BCUT2D eigenvalue weighted by molar-refractivity contribution is 7.90. The van der Waals surface area contributed by atoms with Crippen LogP contribution in [-0.4, -0.2) is 45.2 Å². The van der Waals surface area contributed by atoms with E-state index in [9.17, 15) is 22.7 Å². The fourth-order valence-corrected chi connectivity index (χ4v) is 3.81. The Labute approximate surface area is 176 Å². The van der Waals surface area contributed by atoms with E-state index in [1.165, 1.54) is 52.2 Å². The molecule has 1 amide bonds. The van der Waals surface area contributed by atoms with Crippen molar-refractivity contribution >= 4 is 21.4 Å². The van der Waals surface area contributed by atoms with Crippen LogP contribution >= 0.6 is 0 Å². The van der Waals surface area contributed by atoms with E-state index in [-0.39, 0.29) is 16.3 Å². The first-order chi connectivity index (χ1) is 14.7. The van der Waals surface area contributed by atoms with Crippen LogP contribution in [0.15, 0.2) is 72.0 Å². The monoisotopic (exact) mass is 441 g/mol. The van der Waals surface area contributed by atoms with Crippen LogP contribution in [0.1, 0.15) is 10.5 Å². The van der Waals surface area contributed by atoms with Gasteiger partial charge in [-0.25, -0.2) is 22.2 Å². The predicted octanol–water partition coefficient (Wildman–Crippen LogP) is 2.56. The smallest absolute Gasteiger partial charge is 0.280 e. The Morgan fingerprint density at radius 1 is 1.10 bits per heavy atom. The molecule has 0 aliphatic carbocycles. The Hall–Kier alpha value is -3.99. The number of carbonyl (C=O) groups is 1. The number of halogens is 1. The van der Waals surface area contributed by atoms with E-state index in [2.05, 4.69) is 15.5 Å². The van der Waals surface area contributed by atoms with Crippen molar-refractivity contribution in [2.24, 2.45) is 0 Å². The standard InChI is InChI=1S/C20H16FN5O4S/c1-31(29,30)18-8-3-2-7-16(18)26-11-14(10-22-26)23-20(28)19-17(27)12-25(24-19)15-6-4-5-13(21)9-15/h2-12,27H,1H3,(H,23,28). The average Bonchev–Trinajstić information content (AvgIpc) is 3.34. The van der Waals surface area contributed by atoms with Crippen molar-refractivity contribution in [3.05, 3.63) is 78.6 Å². The number of sulfone groups is 1. The van der Waals surface area contributed by atoms with Crippen LogP contribution in [0.2, 0.25) is 0 Å². The van der Waals surface area contributed by atoms with Crippen LogP contribution in [0.5, 0.6) is 5.75 Å². The molecule has 31 heavy (non-hydrogen) atoms. The van der Waals surface area contributed by atoms with Crippen LogP contribution in [0.3, 0.4) is 0 Å². The molecule has 0 radical (unpaired) electrons. The number of benzene rings is 2. The summed E-state index contributed by atoms with van der Waals surface area (Å²) in [5.74, 6) is -1.60. The molecule has 11 heteroatoms. The average molecular weight is 441 g/mol. The number of amides is 1. The van der Waals surface area contributed by atoms with Crippen molar-refractivity contribution in [1.29, 1.82) is 0 Å². The largest absolute Gasteiger partial charge is 0.504 e. The summed E-state index contributed by atoms with van der Waals surface area (Å²) in [5, 5.41) is 20.7. The molecule has 4 rings (SSSR count). The minimum atomic E-state index is -3.49. The molecule has 2 heterocycles. The lowest BCUT2D eigenvalue weighted by Gasteiger charge is -2.07. The third-order valence-corrected chi connectivity index (χ3v) is 5.48. The van der Waals surface area contributed by atoms with Gasteiger partial charge in [0.05, 0.1) is 40.5 Å². The van der Waals surface area contributed by atoms with Crippen LogP contribution < -0.4 is 5.32 Å². The molecular weight excluding hydrogens is 425 g/mol. The number of nitrogens with zero attached hydrogens (tertiary/aromatic N) is 4. The molecule has 2 N–H and O–H groups in total. The lowest BCUT2D eigenvalue weighted by Crippen LogP contribution is -2.13. The fourth-order valence-electron chi connectivity index (χ4n) is 2.95. The number of aromatic hydroxyl groups is 1. The summed E-state index contributed by atoms with van der Waals surface area (Å²) in [6.07, 6.45) is 5.05. The summed E-state index contributed by atoms with van der Waals surface area (Å²) in [4.78, 5) is 12.7. The van der Waals surface area contributed by atoms with E-state index in [1.54, 1.807) is 24.3 Å². The second-order valence-electron chi connectivity index (χ2n) is 6.65. The summed E-state index contributed by atoms with van der Waals surface area (Å²) < 4.78 is 39.9. The van der Waals surface area contributed by atoms with E-state index in [0.29, 0.717) is 11.4 Å². The minimum absolute atomic E-state index is 0.0856. The summed E-state index contributed by atoms with van der Waals surface area (Å²) in [6.45, 7) is 0. The number of hydrogen-bond acceptors (Lipinski definition) is 6. The van der Waals surface area contributed by atoms with E-state index in [0.717, 1.165) is 6.26 Å². The molecule has 2 aromatic heterocycles. The molecule has 0 saturated heterocycles. The first-order valence-corrected chi connectivity index (χ1v) is 10.8. The van der Waals surface area contributed by atoms with E-state index in [4.69, 9.17) is 0 Å². The number of nitrogens with one attached hydrogen (secondary N) is 1. The zero-order chi connectivity index (χ0) is 22.2. The fraction of sp³-hybridized carbons (Fsp3) is 0.0500. The van der Waals surface area contributed by atoms with Gasteiger partial charge in [0, 0.05) is 6.26 Å². The maximum Gasteiger partial charge on any atom is 0.280 e. The van der Waals surface area contributed by atoms with Crippen LogP contribution in [-0.2, 0) is 9.84 Å². The van der Waals surface area contributed by atoms with Gasteiger partial charge in [0.15, 0.2) is 21.3 Å². The molecule has 0 fully saturated rings. The molecule has 158 valence electrons. The molecule has 0 aliphatic rings. The highest BCUT2D eigenvalue weighted by Crippen LogP contribution is 2.22. The summed E-state index contributed by atoms with van der Waals surface area (Å²) >= 11 is 0. The first kappa shape index (κ1) is 20.3. The lowest BCUT2D eigenvalue weighted by molar-refractivity contribution is 0.101. The van der Waals surface area contributed by atoms with Gasteiger partial charge in [0.2, 0.25) is 0 Å². The van der Waals surface area contributed by atoms with Gasteiger partial charge in [-0.15, -0.1) is 0 Å². The predicted molar refractivity (Wildman–Crippen MR) is 110 cm³/mol. The number of carbonyl (C=O) groups excluding carboxylic acids is 1. The number of anilines is 1. The van der Waals surface area contributed by atoms with Crippen LogP contribution in [0.25, 0.3) is 11.4 Å². The molecule has 0 atom stereocenters. The van der Waals surface area contributed by atoms with Gasteiger partial charge >= 0.3 is 0 Å². The lowest BCUT2D eigenvalue weighted by atomic mass is 10.3. The van der Waals surface area contributed by atoms with Crippen molar-refractivity contribution < 1.29 is 22.7 Å². The first-order valence-electron chi connectivity index (χ1n) is 8.92. The normalized spacial score (nSPS) is 11.4. The van der Waals surface area contributed by atoms with E-state index < -0.39 is 27.3 Å². The number of hydrogen-bond donors (Lipinski definition) is 2. The van der Waals surface area contributed by atoms with Crippen molar-refractivity contribution in [1.82, 2.24) is 19.6 Å². The molecule has 4 aromatic rings. The molecular formula is C20H16FN5O4S. The molecule has 0 saturated carbocycles.